The number of hydrogen-bond acceptors (Lipinski definition) is 8. The third kappa shape index (κ3) is 4.32. The zero-order chi connectivity index (χ0) is 17.6. The largest absolute Gasteiger partial charge is 0.385 e. The molecule has 9 nitrogen and oxygen atoms in total. The summed E-state index contributed by atoms with van der Waals surface area (Å²) in [6.45, 7) is 3.01. The van der Waals surface area contributed by atoms with Crippen molar-refractivity contribution in [1.82, 2.24) is 25.3 Å². The van der Waals surface area contributed by atoms with E-state index in [1.807, 2.05) is 19.1 Å². The number of nitrogens with one attached hydrogen (secondary N) is 2. The van der Waals surface area contributed by atoms with E-state index in [1.54, 1.807) is 13.3 Å². The molecule has 0 aliphatic rings. The minimum absolute atomic E-state index is 0.373. The number of methoxy groups -OCH3 is 1. The van der Waals surface area contributed by atoms with E-state index in [2.05, 4.69) is 30.6 Å². The number of hydrogen-bond donors (Lipinski definition) is 3. The Bertz CT molecular complexity index is 828. The van der Waals surface area contributed by atoms with E-state index in [9.17, 15) is 0 Å². The lowest BCUT2D eigenvalue weighted by Gasteiger charge is -2.06. The van der Waals surface area contributed by atoms with Crippen LogP contribution in [0.2, 0.25) is 0 Å². The van der Waals surface area contributed by atoms with Gasteiger partial charge in [-0.3, -0.25) is 5.10 Å². The van der Waals surface area contributed by atoms with Crippen LogP contribution in [0.5, 0.6) is 0 Å². The minimum Gasteiger partial charge on any atom is -0.385 e. The zero-order valence-electron chi connectivity index (χ0n) is 14.2. The molecule has 0 aliphatic carbocycles. The van der Waals surface area contributed by atoms with Crippen molar-refractivity contribution in [3.05, 3.63) is 35.5 Å². The summed E-state index contributed by atoms with van der Waals surface area (Å²) in [5.74, 6) is 1.51. The van der Waals surface area contributed by atoms with E-state index in [0.29, 0.717) is 36.2 Å². The van der Waals surface area contributed by atoms with Crippen molar-refractivity contribution in [2.24, 2.45) is 0 Å². The first-order valence-corrected chi connectivity index (χ1v) is 7.98. The van der Waals surface area contributed by atoms with Gasteiger partial charge in [0.25, 0.3) is 0 Å². The highest BCUT2D eigenvalue weighted by molar-refractivity contribution is 5.70. The average molecular weight is 343 g/mol. The van der Waals surface area contributed by atoms with Gasteiger partial charge in [0.2, 0.25) is 5.95 Å². The van der Waals surface area contributed by atoms with Crippen LogP contribution in [0.25, 0.3) is 11.3 Å². The maximum absolute atomic E-state index is 6.06. The summed E-state index contributed by atoms with van der Waals surface area (Å²) in [5, 5.41) is 14.1. The van der Waals surface area contributed by atoms with Gasteiger partial charge in [-0.1, -0.05) is 5.16 Å². The fraction of sp³-hybridized carbons (Fsp3) is 0.375. The summed E-state index contributed by atoms with van der Waals surface area (Å²) in [6, 6.07) is 3.80. The van der Waals surface area contributed by atoms with Crippen LogP contribution < -0.4 is 11.1 Å². The molecule has 0 fully saturated rings. The van der Waals surface area contributed by atoms with Crippen molar-refractivity contribution >= 4 is 11.8 Å². The van der Waals surface area contributed by atoms with Gasteiger partial charge in [0, 0.05) is 26.0 Å². The number of aryl methyl sites for hydroxylation is 2. The lowest BCUT2D eigenvalue weighted by Crippen LogP contribution is -2.05. The highest BCUT2D eigenvalue weighted by Gasteiger charge is 2.10. The van der Waals surface area contributed by atoms with Gasteiger partial charge < -0.3 is 20.3 Å². The molecular formula is C16H21N7O2. The molecule has 0 spiro atoms. The van der Waals surface area contributed by atoms with Crippen LogP contribution in [-0.2, 0) is 17.7 Å². The first kappa shape index (κ1) is 16.9. The second-order valence-electron chi connectivity index (χ2n) is 5.65. The number of nitrogens with two attached hydrogens (primary N) is 1. The van der Waals surface area contributed by atoms with E-state index < -0.39 is 0 Å². The molecule has 3 heterocycles. The lowest BCUT2D eigenvalue weighted by molar-refractivity contribution is 0.195. The molecule has 0 amide bonds. The minimum atomic E-state index is 0.373. The van der Waals surface area contributed by atoms with E-state index >= 15 is 0 Å². The summed E-state index contributed by atoms with van der Waals surface area (Å²) in [4.78, 5) is 8.57. The average Bonchev–Trinajstić information content (AvgIpc) is 3.22. The Kier molecular flexibility index (Phi) is 5.24. The van der Waals surface area contributed by atoms with Crippen molar-refractivity contribution in [2.75, 3.05) is 24.8 Å². The molecule has 0 aliphatic heterocycles. The molecule has 0 aromatic carbocycles. The van der Waals surface area contributed by atoms with Crippen LogP contribution in [0.1, 0.15) is 23.6 Å². The first-order chi connectivity index (χ1) is 12.2. The monoisotopic (exact) mass is 343 g/mol. The van der Waals surface area contributed by atoms with Gasteiger partial charge in [-0.2, -0.15) is 10.1 Å². The molecule has 132 valence electrons. The predicted octanol–water partition coefficient (Wildman–Crippen LogP) is 1.94. The molecule has 3 aromatic rings. The molecule has 0 saturated carbocycles. The standard InChI is InChI=1S/C16H21N7O2/c1-10-6-12(25-23-10)8-18-16-19-9-13(15(17)20-16)14-7-11(21-22-14)4-3-5-24-2/h6-7,9H,3-5,8H2,1-2H3,(H,21,22)(H3,17,18,19,20). The van der Waals surface area contributed by atoms with Crippen molar-refractivity contribution in [3.8, 4) is 11.3 Å². The highest BCUT2D eigenvalue weighted by Crippen LogP contribution is 2.23. The fourth-order valence-electron chi connectivity index (χ4n) is 2.38. The van der Waals surface area contributed by atoms with Crippen LogP contribution in [0.15, 0.2) is 22.9 Å². The fourth-order valence-corrected chi connectivity index (χ4v) is 2.38. The second-order valence-corrected chi connectivity index (χ2v) is 5.65. The molecule has 0 unspecified atom stereocenters. The van der Waals surface area contributed by atoms with Gasteiger partial charge in [0.05, 0.1) is 29.2 Å². The summed E-state index contributed by atoms with van der Waals surface area (Å²) in [5.41, 5.74) is 9.35. The molecule has 0 atom stereocenters. The topological polar surface area (TPSA) is 128 Å². The lowest BCUT2D eigenvalue weighted by atomic mass is 10.2. The second kappa shape index (κ2) is 7.75. The SMILES string of the molecule is COCCCc1cc(-c2cnc(NCc3cc(C)no3)nc2N)[nH]n1. The summed E-state index contributed by atoms with van der Waals surface area (Å²) < 4.78 is 10.2. The molecule has 0 bridgehead atoms. The maximum atomic E-state index is 6.06. The van der Waals surface area contributed by atoms with E-state index in [1.165, 1.54) is 0 Å². The Morgan fingerprint density at radius 1 is 1.36 bits per heavy atom. The van der Waals surface area contributed by atoms with Crippen molar-refractivity contribution in [1.29, 1.82) is 0 Å². The van der Waals surface area contributed by atoms with Gasteiger partial charge in [-0.15, -0.1) is 0 Å². The van der Waals surface area contributed by atoms with E-state index in [-0.39, 0.29) is 0 Å². The van der Waals surface area contributed by atoms with Crippen LogP contribution in [0, 0.1) is 6.92 Å². The molecule has 9 heteroatoms. The van der Waals surface area contributed by atoms with E-state index in [4.69, 9.17) is 15.0 Å². The van der Waals surface area contributed by atoms with Crippen molar-refractivity contribution in [2.45, 2.75) is 26.3 Å². The van der Waals surface area contributed by atoms with Crippen LogP contribution in [-0.4, -0.2) is 39.0 Å². The highest BCUT2D eigenvalue weighted by atomic mass is 16.5. The number of nitrogens with zero attached hydrogens (tertiary/aromatic N) is 4. The molecule has 0 radical (unpaired) electrons. The number of H-pyrrole nitrogens is 1. The molecule has 25 heavy (non-hydrogen) atoms. The number of aromatic amines is 1. The molecule has 4 N–H and O–H groups in total. The summed E-state index contributed by atoms with van der Waals surface area (Å²) in [7, 11) is 1.69. The molecule has 3 rings (SSSR count). The smallest absolute Gasteiger partial charge is 0.225 e. The van der Waals surface area contributed by atoms with Gasteiger partial charge in [0.15, 0.2) is 5.76 Å². The Hall–Kier alpha value is -2.94. The number of ether oxygens (including phenoxy) is 1. The summed E-state index contributed by atoms with van der Waals surface area (Å²) >= 11 is 0. The Morgan fingerprint density at radius 2 is 2.24 bits per heavy atom. The molecular weight excluding hydrogens is 322 g/mol. The van der Waals surface area contributed by atoms with Gasteiger partial charge >= 0.3 is 0 Å². The van der Waals surface area contributed by atoms with Crippen LogP contribution >= 0.6 is 0 Å². The third-order valence-corrected chi connectivity index (χ3v) is 3.62. The Balaban J connectivity index is 1.65. The normalized spacial score (nSPS) is 11.0. The predicted molar refractivity (Wildman–Crippen MR) is 92.8 cm³/mol. The van der Waals surface area contributed by atoms with Gasteiger partial charge in [0.1, 0.15) is 5.82 Å². The van der Waals surface area contributed by atoms with Gasteiger partial charge in [-0.05, 0) is 25.8 Å². The number of aromatic nitrogens is 5. The van der Waals surface area contributed by atoms with Crippen molar-refractivity contribution in [3.63, 3.8) is 0 Å². The Labute approximate surface area is 145 Å². The molecule has 3 aromatic heterocycles. The Morgan fingerprint density at radius 3 is 2.96 bits per heavy atom. The maximum Gasteiger partial charge on any atom is 0.225 e. The summed E-state index contributed by atoms with van der Waals surface area (Å²) in [6.07, 6.45) is 3.42. The van der Waals surface area contributed by atoms with Crippen LogP contribution in [0.4, 0.5) is 11.8 Å². The quantitative estimate of drug-likeness (QED) is 0.529. The third-order valence-electron chi connectivity index (χ3n) is 3.62. The van der Waals surface area contributed by atoms with Crippen molar-refractivity contribution < 1.29 is 9.26 Å². The van der Waals surface area contributed by atoms with Crippen LogP contribution in [0.3, 0.4) is 0 Å². The van der Waals surface area contributed by atoms with E-state index in [0.717, 1.165) is 29.9 Å². The first-order valence-electron chi connectivity index (χ1n) is 7.98. The number of anilines is 2. The van der Waals surface area contributed by atoms with Gasteiger partial charge in [-0.25, -0.2) is 4.98 Å². The molecule has 0 saturated heterocycles. The number of rotatable bonds is 8. The number of nitrogen functional groups attached to an aromatic ring is 1. The zero-order valence-corrected chi connectivity index (χ0v) is 14.2.